The Balaban J connectivity index is 2.41. The van der Waals surface area contributed by atoms with Gasteiger partial charge in [0.15, 0.2) is 0 Å². The molecule has 1 heterocycles. The second-order valence-corrected chi connectivity index (χ2v) is 5.98. The molecule has 1 fully saturated rings. The molecule has 0 aliphatic carbocycles. The molecule has 0 aromatic rings. The minimum absolute atomic E-state index is 0.155. The Bertz CT molecular complexity index is 217. The van der Waals surface area contributed by atoms with Gasteiger partial charge in [0.05, 0.1) is 0 Å². The van der Waals surface area contributed by atoms with Gasteiger partial charge in [0.25, 0.3) is 0 Å². The third-order valence-corrected chi connectivity index (χ3v) is 3.38. The van der Waals surface area contributed by atoms with Gasteiger partial charge in [-0.05, 0) is 45.3 Å². The molecule has 1 aliphatic heterocycles. The number of nitrogens with zero attached hydrogens (tertiary/aromatic N) is 1. The molecule has 0 aromatic carbocycles. The van der Waals surface area contributed by atoms with Crippen LogP contribution in [0.5, 0.6) is 0 Å². The molecular weight excluding hydrogens is 186 g/mol. The number of hydrogen-bond donors (Lipinski definition) is 0. The SMILES string of the molecule is CN1CCCC(CC(=O)C(C)(C)C)CC1. The molecule has 0 radical (unpaired) electrons. The zero-order chi connectivity index (χ0) is 11.5. The van der Waals surface area contributed by atoms with E-state index in [1.807, 2.05) is 20.8 Å². The fourth-order valence-corrected chi connectivity index (χ4v) is 2.08. The van der Waals surface area contributed by atoms with Crippen LogP contribution in [0.3, 0.4) is 0 Å². The van der Waals surface area contributed by atoms with E-state index in [1.165, 1.54) is 25.8 Å². The second-order valence-electron chi connectivity index (χ2n) is 5.98. The number of carbonyl (C=O) groups is 1. The monoisotopic (exact) mass is 211 g/mol. The first-order chi connectivity index (χ1) is 6.89. The van der Waals surface area contributed by atoms with Crippen LogP contribution in [0.4, 0.5) is 0 Å². The first-order valence-electron chi connectivity index (χ1n) is 6.11. The highest BCUT2D eigenvalue weighted by atomic mass is 16.1. The Morgan fingerprint density at radius 3 is 2.53 bits per heavy atom. The van der Waals surface area contributed by atoms with Gasteiger partial charge in [0.2, 0.25) is 0 Å². The first-order valence-corrected chi connectivity index (χ1v) is 6.11. The van der Waals surface area contributed by atoms with E-state index in [-0.39, 0.29) is 5.41 Å². The summed E-state index contributed by atoms with van der Waals surface area (Å²) < 4.78 is 0. The van der Waals surface area contributed by atoms with E-state index in [1.54, 1.807) is 0 Å². The molecular formula is C13H25NO. The fourth-order valence-electron chi connectivity index (χ4n) is 2.08. The minimum Gasteiger partial charge on any atom is -0.306 e. The zero-order valence-electron chi connectivity index (χ0n) is 10.7. The molecule has 1 aliphatic rings. The van der Waals surface area contributed by atoms with Crippen molar-refractivity contribution in [1.29, 1.82) is 0 Å². The van der Waals surface area contributed by atoms with Gasteiger partial charge < -0.3 is 4.90 Å². The number of Topliss-reactive ketones (excluding diaryl/α,β-unsaturated/α-hetero) is 1. The van der Waals surface area contributed by atoms with Crippen molar-refractivity contribution in [3.63, 3.8) is 0 Å². The summed E-state index contributed by atoms with van der Waals surface area (Å²) in [6, 6.07) is 0. The molecule has 0 N–H and O–H groups in total. The number of hydrogen-bond acceptors (Lipinski definition) is 2. The lowest BCUT2D eigenvalue weighted by Gasteiger charge is -2.21. The number of rotatable bonds is 2. The first kappa shape index (κ1) is 12.7. The summed E-state index contributed by atoms with van der Waals surface area (Å²) >= 11 is 0. The molecule has 0 bridgehead atoms. The summed E-state index contributed by atoms with van der Waals surface area (Å²) in [6.45, 7) is 8.43. The largest absolute Gasteiger partial charge is 0.306 e. The minimum atomic E-state index is -0.155. The highest BCUT2D eigenvalue weighted by Crippen LogP contribution is 2.25. The summed E-state index contributed by atoms with van der Waals surface area (Å²) in [5.41, 5.74) is -0.155. The summed E-state index contributed by atoms with van der Waals surface area (Å²) in [5, 5.41) is 0. The quantitative estimate of drug-likeness (QED) is 0.700. The summed E-state index contributed by atoms with van der Waals surface area (Å²) in [6.07, 6.45) is 4.46. The smallest absolute Gasteiger partial charge is 0.138 e. The van der Waals surface area contributed by atoms with Gasteiger partial charge in [-0.2, -0.15) is 0 Å². The average molecular weight is 211 g/mol. The molecule has 0 spiro atoms. The highest BCUT2D eigenvalue weighted by molar-refractivity contribution is 5.83. The molecule has 2 heteroatoms. The van der Waals surface area contributed by atoms with Gasteiger partial charge in [0.1, 0.15) is 5.78 Å². The predicted octanol–water partition coefficient (Wildman–Crippen LogP) is 2.72. The molecule has 0 amide bonds. The van der Waals surface area contributed by atoms with E-state index in [4.69, 9.17) is 0 Å². The maximum atomic E-state index is 11.9. The van der Waals surface area contributed by atoms with Crippen molar-refractivity contribution in [3.8, 4) is 0 Å². The van der Waals surface area contributed by atoms with Crippen molar-refractivity contribution in [3.05, 3.63) is 0 Å². The van der Waals surface area contributed by atoms with E-state index in [2.05, 4.69) is 11.9 Å². The van der Waals surface area contributed by atoms with Crippen LogP contribution in [0.2, 0.25) is 0 Å². The second kappa shape index (κ2) is 5.11. The van der Waals surface area contributed by atoms with E-state index in [9.17, 15) is 4.79 Å². The molecule has 0 saturated carbocycles. The van der Waals surface area contributed by atoms with Gasteiger partial charge in [-0.1, -0.05) is 20.8 Å². The Morgan fingerprint density at radius 1 is 1.27 bits per heavy atom. The highest BCUT2D eigenvalue weighted by Gasteiger charge is 2.25. The number of likely N-dealkylation sites (tertiary alicyclic amines) is 1. The summed E-state index contributed by atoms with van der Waals surface area (Å²) in [4.78, 5) is 14.3. The maximum absolute atomic E-state index is 11.9. The lowest BCUT2D eigenvalue weighted by atomic mass is 9.83. The van der Waals surface area contributed by atoms with E-state index in [0.29, 0.717) is 11.7 Å². The van der Waals surface area contributed by atoms with Crippen LogP contribution in [-0.2, 0) is 4.79 Å². The predicted molar refractivity (Wildman–Crippen MR) is 63.9 cm³/mol. The molecule has 88 valence electrons. The topological polar surface area (TPSA) is 20.3 Å². The van der Waals surface area contributed by atoms with Crippen LogP contribution in [0.15, 0.2) is 0 Å². The van der Waals surface area contributed by atoms with E-state index >= 15 is 0 Å². The maximum Gasteiger partial charge on any atom is 0.138 e. The lowest BCUT2D eigenvalue weighted by Crippen LogP contribution is -2.23. The van der Waals surface area contributed by atoms with Crippen molar-refractivity contribution in [2.45, 2.75) is 46.5 Å². The number of ketones is 1. The van der Waals surface area contributed by atoms with Crippen molar-refractivity contribution in [1.82, 2.24) is 4.90 Å². The van der Waals surface area contributed by atoms with Gasteiger partial charge >= 0.3 is 0 Å². The molecule has 1 unspecified atom stereocenters. The Kier molecular flexibility index (Phi) is 4.32. The summed E-state index contributed by atoms with van der Waals surface area (Å²) in [5.74, 6) is 1.05. The normalized spacial score (nSPS) is 24.9. The van der Waals surface area contributed by atoms with E-state index in [0.717, 1.165) is 13.0 Å². The van der Waals surface area contributed by atoms with Crippen LogP contribution in [0.25, 0.3) is 0 Å². The Hall–Kier alpha value is -0.370. The zero-order valence-corrected chi connectivity index (χ0v) is 10.7. The molecule has 0 aromatic heterocycles. The van der Waals surface area contributed by atoms with Gasteiger partial charge in [-0.3, -0.25) is 4.79 Å². The van der Waals surface area contributed by atoms with Crippen molar-refractivity contribution in [2.75, 3.05) is 20.1 Å². The molecule has 1 atom stereocenters. The Labute approximate surface area is 94.0 Å². The van der Waals surface area contributed by atoms with Gasteiger partial charge in [-0.15, -0.1) is 0 Å². The molecule has 1 rings (SSSR count). The van der Waals surface area contributed by atoms with Crippen LogP contribution in [0, 0.1) is 11.3 Å². The Morgan fingerprint density at radius 2 is 1.93 bits per heavy atom. The van der Waals surface area contributed by atoms with Crippen molar-refractivity contribution >= 4 is 5.78 Å². The summed E-state index contributed by atoms with van der Waals surface area (Å²) in [7, 11) is 2.17. The molecule has 2 nitrogen and oxygen atoms in total. The lowest BCUT2D eigenvalue weighted by molar-refractivity contribution is -0.127. The molecule has 1 saturated heterocycles. The third kappa shape index (κ3) is 4.33. The van der Waals surface area contributed by atoms with E-state index < -0.39 is 0 Å². The van der Waals surface area contributed by atoms with Gasteiger partial charge in [0, 0.05) is 11.8 Å². The van der Waals surface area contributed by atoms with Crippen molar-refractivity contribution < 1.29 is 4.79 Å². The van der Waals surface area contributed by atoms with Crippen LogP contribution in [0.1, 0.15) is 46.5 Å². The number of carbonyl (C=O) groups excluding carboxylic acids is 1. The van der Waals surface area contributed by atoms with Crippen molar-refractivity contribution in [2.24, 2.45) is 11.3 Å². The fraction of sp³-hybridized carbons (Fsp3) is 0.923. The van der Waals surface area contributed by atoms with Crippen LogP contribution < -0.4 is 0 Å². The third-order valence-electron chi connectivity index (χ3n) is 3.38. The van der Waals surface area contributed by atoms with Crippen LogP contribution >= 0.6 is 0 Å². The standard InChI is InChI=1S/C13H25NO/c1-13(2,3)12(15)10-11-6-5-8-14(4)9-7-11/h11H,5-10H2,1-4H3. The van der Waals surface area contributed by atoms with Gasteiger partial charge in [-0.25, -0.2) is 0 Å². The van der Waals surface area contributed by atoms with Crippen LogP contribution in [-0.4, -0.2) is 30.8 Å². The average Bonchev–Trinajstić information content (AvgIpc) is 2.29. The molecule has 15 heavy (non-hydrogen) atoms.